The number of fused-ring (bicyclic) bond motifs is 1. The number of rotatable bonds is 5. The van der Waals surface area contributed by atoms with Crippen molar-refractivity contribution in [1.82, 2.24) is 14.8 Å². The first-order valence-electron chi connectivity index (χ1n) is 12.6. The molecule has 10 heteroatoms. The van der Waals surface area contributed by atoms with E-state index >= 15 is 0 Å². The van der Waals surface area contributed by atoms with Gasteiger partial charge in [0.15, 0.2) is 5.82 Å². The minimum atomic E-state index is -1.75. The van der Waals surface area contributed by atoms with E-state index in [1.807, 2.05) is 12.1 Å². The van der Waals surface area contributed by atoms with Crippen molar-refractivity contribution in [2.75, 3.05) is 30.9 Å². The van der Waals surface area contributed by atoms with Crippen LogP contribution in [0.25, 0.3) is 10.9 Å². The summed E-state index contributed by atoms with van der Waals surface area (Å²) in [5.74, 6) is -0.993. The van der Waals surface area contributed by atoms with Crippen LogP contribution >= 0.6 is 0 Å². The third-order valence-corrected chi connectivity index (χ3v) is 7.99. The molecular formula is C27H29FN4O4S. The second-order valence-electron chi connectivity index (χ2n) is 9.32. The van der Waals surface area contributed by atoms with Crippen molar-refractivity contribution in [1.29, 1.82) is 0 Å². The number of anilines is 1. The minimum absolute atomic E-state index is 0.0118. The maximum Gasteiger partial charge on any atom is 0.410 e. The normalized spacial score (nSPS) is 17.5. The molecule has 37 heavy (non-hydrogen) atoms. The van der Waals surface area contributed by atoms with Gasteiger partial charge >= 0.3 is 6.09 Å². The van der Waals surface area contributed by atoms with Crippen LogP contribution in [-0.4, -0.2) is 63.6 Å². The number of hydrogen-bond acceptors (Lipinski definition) is 6. The number of benzene rings is 2. The summed E-state index contributed by atoms with van der Waals surface area (Å²) in [7, 11) is 0. The maximum atomic E-state index is 14.9. The summed E-state index contributed by atoms with van der Waals surface area (Å²) < 4.78 is 36.2. The van der Waals surface area contributed by atoms with E-state index in [1.54, 1.807) is 34.2 Å². The molecule has 2 aromatic carbocycles. The molecule has 2 amide bonds. The highest BCUT2D eigenvalue weighted by Crippen LogP contribution is 2.26. The van der Waals surface area contributed by atoms with Gasteiger partial charge in [-0.25, -0.2) is 13.9 Å². The van der Waals surface area contributed by atoms with E-state index in [0.717, 1.165) is 37.1 Å². The zero-order chi connectivity index (χ0) is 25.8. The predicted octanol–water partition coefficient (Wildman–Crippen LogP) is 4.74. The van der Waals surface area contributed by atoms with E-state index in [0.29, 0.717) is 36.6 Å². The molecule has 3 aromatic rings. The molecule has 8 nitrogen and oxygen atoms in total. The van der Waals surface area contributed by atoms with E-state index in [-0.39, 0.29) is 29.4 Å². The lowest BCUT2D eigenvalue weighted by atomic mass is 9.98. The first-order valence-corrected chi connectivity index (χ1v) is 13.7. The van der Waals surface area contributed by atoms with E-state index in [4.69, 9.17) is 4.74 Å². The molecule has 2 fully saturated rings. The van der Waals surface area contributed by atoms with Gasteiger partial charge in [-0.05, 0) is 56.0 Å². The number of carbonyl (C=O) groups is 2. The molecule has 1 aliphatic heterocycles. The van der Waals surface area contributed by atoms with Crippen molar-refractivity contribution in [3.8, 4) is 0 Å². The summed E-state index contributed by atoms with van der Waals surface area (Å²) in [5.41, 5.74) is 0.793. The van der Waals surface area contributed by atoms with E-state index in [9.17, 15) is 18.5 Å². The predicted molar refractivity (Wildman–Crippen MR) is 139 cm³/mol. The van der Waals surface area contributed by atoms with Gasteiger partial charge < -0.3 is 19.1 Å². The molecule has 2 aliphatic rings. The molecular weight excluding hydrogens is 495 g/mol. The van der Waals surface area contributed by atoms with Crippen molar-refractivity contribution >= 4 is 40.0 Å². The Morgan fingerprint density at radius 1 is 1.00 bits per heavy atom. The number of carbonyl (C=O) groups excluding carboxylic acids is 2. The largest absolute Gasteiger partial charge is 0.588 e. The highest BCUT2D eigenvalue weighted by molar-refractivity contribution is 7.93. The van der Waals surface area contributed by atoms with Gasteiger partial charge in [0.05, 0.1) is 0 Å². The number of pyridine rings is 1. The zero-order valence-corrected chi connectivity index (χ0v) is 21.2. The number of amides is 2. The second-order valence-corrected chi connectivity index (χ2v) is 10.5. The Morgan fingerprint density at radius 2 is 1.73 bits per heavy atom. The number of nitrogens with zero attached hydrogens (tertiary/aromatic N) is 3. The van der Waals surface area contributed by atoms with Crippen molar-refractivity contribution in [3.05, 3.63) is 66.1 Å². The van der Waals surface area contributed by atoms with Gasteiger partial charge in [-0.15, -0.1) is 0 Å². The Balaban J connectivity index is 1.18. The van der Waals surface area contributed by atoms with Crippen LogP contribution in [0.4, 0.5) is 14.9 Å². The number of halogens is 1. The van der Waals surface area contributed by atoms with Gasteiger partial charge in [0.2, 0.25) is 4.90 Å². The molecule has 0 bridgehead atoms. The molecule has 0 spiro atoms. The minimum Gasteiger partial charge on any atom is -0.588 e. The molecule has 1 atom stereocenters. The summed E-state index contributed by atoms with van der Waals surface area (Å²) in [6.07, 6.45) is 6.45. The van der Waals surface area contributed by atoms with Gasteiger partial charge in [0.25, 0.3) is 5.91 Å². The Bertz CT molecular complexity index is 1270. The van der Waals surface area contributed by atoms with Gasteiger partial charge in [0, 0.05) is 43.3 Å². The van der Waals surface area contributed by atoms with E-state index in [1.165, 1.54) is 18.6 Å². The zero-order valence-electron chi connectivity index (χ0n) is 20.4. The first-order chi connectivity index (χ1) is 18.0. The smallest absolute Gasteiger partial charge is 0.410 e. The van der Waals surface area contributed by atoms with Crippen LogP contribution in [0.3, 0.4) is 0 Å². The van der Waals surface area contributed by atoms with E-state index < -0.39 is 17.2 Å². The van der Waals surface area contributed by atoms with Crippen LogP contribution in [0.2, 0.25) is 0 Å². The first kappa shape index (κ1) is 25.3. The number of para-hydroxylation sites is 1. The fraction of sp³-hybridized carbons (Fsp3) is 0.370. The van der Waals surface area contributed by atoms with E-state index in [2.05, 4.69) is 9.71 Å². The molecule has 194 valence electrons. The monoisotopic (exact) mass is 524 g/mol. The Kier molecular flexibility index (Phi) is 7.76. The Labute approximate surface area is 218 Å². The summed E-state index contributed by atoms with van der Waals surface area (Å²) in [6.45, 7) is 1.44. The fourth-order valence-electron chi connectivity index (χ4n) is 4.79. The summed E-state index contributed by atoms with van der Waals surface area (Å²) >= 11 is -1.75. The molecule has 1 unspecified atom stereocenters. The SMILES string of the molecule is O=C(OC1CCCCC1)N1CCN(C(=O)c2ccc(N[S+]([O-])c3cccc4cccnc34)c(F)c2)CC1. The number of ether oxygens (including phenoxy) is 1. The molecule has 1 saturated heterocycles. The lowest BCUT2D eigenvalue weighted by molar-refractivity contribution is 0.0306. The molecule has 0 radical (unpaired) electrons. The average molecular weight is 525 g/mol. The number of hydrogen-bond donors (Lipinski definition) is 1. The topological polar surface area (TPSA) is 97.8 Å². The third kappa shape index (κ3) is 5.80. The highest BCUT2D eigenvalue weighted by Gasteiger charge is 2.28. The molecule has 1 N–H and O–H groups in total. The lowest BCUT2D eigenvalue weighted by Gasteiger charge is -2.35. The van der Waals surface area contributed by atoms with Crippen LogP contribution in [0.1, 0.15) is 42.5 Å². The Morgan fingerprint density at radius 3 is 2.49 bits per heavy atom. The van der Waals surface area contributed by atoms with Crippen molar-refractivity contribution in [2.24, 2.45) is 0 Å². The molecule has 1 saturated carbocycles. The fourth-order valence-corrected chi connectivity index (χ4v) is 5.81. The molecule has 2 heterocycles. The summed E-state index contributed by atoms with van der Waals surface area (Å²) in [4.78, 5) is 33.4. The van der Waals surface area contributed by atoms with Crippen molar-refractivity contribution in [2.45, 2.75) is 43.1 Å². The second kappa shape index (κ2) is 11.4. The molecule has 1 aromatic heterocycles. The number of aromatic nitrogens is 1. The Hall–Kier alpha value is -3.37. The van der Waals surface area contributed by atoms with Crippen LogP contribution in [0.15, 0.2) is 59.6 Å². The standard InChI is InChI=1S/C27H29FN4O4S/c28-22-18-20(11-12-23(22)30-37(35)24-10-4-6-19-7-5-13-29-25(19)24)26(33)31-14-16-32(17-15-31)27(34)36-21-8-2-1-3-9-21/h4-7,10-13,18,21,30H,1-3,8-9,14-17H2. The van der Waals surface area contributed by atoms with Crippen molar-refractivity contribution in [3.63, 3.8) is 0 Å². The van der Waals surface area contributed by atoms with Gasteiger partial charge in [-0.2, -0.15) is 0 Å². The van der Waals surface area contributed by atoms with Gasteiger partial charge in [-0.1, -0.05) is 24.6 Å². The average Bonchev–Trinajstić information content (AvgIpc) is 2.94. The summed E-state index contributed by atoms with van der Waals surface area (Å²) in [6, 6.07) is 13.0. The number of piperazine rings is 1. The van der Waals surface area contributed by atoms with Crippen LogP contribution in [0, 0.1) is 5.82 Å². The van der Waals surface area contributed by atoms with Crippen LogP contribution in [0.5, 0.6) is 0 Å². The van der Waals surface area contributed by atoms with Crippen LogP contribution < -0.4 is 4.72 Å². The lowest BCUT2D eigenvalue weighted by Crippen LogP contribution is -2.51. The maximum absolute atomic E-state index is 14.9. The van der Waals surface area contributed by atoms with Gasteiger partial charge in [-0.3, -0.25) is 9.78 Å². The number of nitrogens with one attached hydrogen (secondary N) is 1. The van der Waals surface area contributed by atoms with Crippen molar-refractivity contribution < 1.29 is 23.3 Å². The van der Waals surface area contributed by atoms with Crippen LogP contribution in [-0.2, 0) is 16.1 Å². The molecule has 5 rings (SSSR count). The third-order valence-electron chi connectivity index (χ3n) is 6.86. The highest BCUT2D eigenvalue weighted by atomic mass is 32.2. The summed E-state index contributed by atoms with van der Waals surface area (Å²) in [5, 5.41) is 0.832. The quantitative estimate of drug-likeness (QED) is 0.485. The molecule has 1 aliphatic carbocycles. The van der Waals surface area contributed by atoms with Gasteiger partial charge in [0.1, 0.15) is 28.7 Å².